The van der Waals surface area contributed by atoms with Gasteiger partial charge in [-0.1, -0.05) is 6.92 Å². The summed E-state index contributed by atoms with van der Waals surface area (Å²) in [7, 11) is -3.57. The maximum Gasteiger partial charge on any atom is 0.274 e. The van der Waals surface area contributed by atoms with Crippen LogP contribution in [0, 0.1) is 6.92 Å². The van der Waals surface area contributed by atoms with Gasteiger partial charge in [-0.25, -0.2) is 13.1 Å². The molecule has 0 spiro atoms. The number of halogens is 1. The lowest BCUT2D eigenvalue weighted by Gasteiger charge is -2.02. The molecule has 18 heavy (non-hydrogen) atoms. The molecule has 2 aromatic rings. The van der Waals surface area contributed by atoms with Crippen LogP contribution in [0.3, 0.4) is 0 Å². The van der Waals surface area contributed by atoms with E-state index < -0.39 is 10.0 Å². The van der Waals surface area contributed by atoms with E-state index in [-0.39, 0.29) is 5.09 Å². The Balaban J connectivity index is 2.52. The Kier molecular flexibility index (Phi) is 3.96. The number of hydrogen-bond donors (Lipinski definition) is 1. The van der Waals surface area contributed by atoms with Crippen molar-refractivity contribution in [3.8, 4) is 10.4 Å². The first-order valence-corrected chi connectivity index (χ1v) is 8.38. The molecule has 0 amide bonds. The van der Waals surface area contributed by atoms with Gasteiger partial charge in [-0.3, -0.25) is 0 Å². The van der Waals surface area contributed by atoms with E-state index in [2.05, 4.69) is 20.7 Å². The summed E-state index contributed by atoms with van der Waals surface area (Å²) in [6.07, 6.45) is 1.39. The molecule has 0 unspecified atom stereocenters. The van der Waals surface area contributed by atoms with E-state index in [9.17, 15) is 8.42 Å². The highest BCUT2D eigenvalue weighted by Crippen LogP contribution is 2.37. The van der Waals surface area contributed by atoms with Crippen molar-refractivity contribution >= 4 is 37.3 Å². The van der Waals surface area contributed by atoms with E-state index in [1.807, 2.05) is 13.0 Å². The maximum absolute atomic E-state index is 12.0. The predicted octanol–water partition coefficient (Wildman–Crippen LogP) is 3.38. The Hall–Kier alpha value is -0.630. The number of furan rings is 1. The SMILES string of the molecule is CCNS(=O)(=O)c1occc1-c1cc(Br)c(C)s1. The summed E-state index contributed by atoms with van der Waals surface area (Å²) in [6.45, 7) is 4.03. The number of rotatable bonds is 4. The number of hydrogen-bond acceptors (Lipinski definition) is 4. The molecule has 7 heteroatoms. The van der Waals surface area contributed by atoms with Crippen molar-refractivity contribution in [3.63, 3.8) is 0 Å². The molecule has 0 fully saturated rings. The summed E-state index contributed by atoms with van der Waals surface area (Å²) in [6, 6.07) is 3.57. The second kappa shape index (κ2) is 5.16. The Morgan fingerprint density at radius 2 is 2.22 bits per heavy atom. The fourth-order valence-electron chi connectivity index (χ4n) is 1.53. The van der Waals surface area contributed by atoms with Gasteiger partial charge in [0.1, 0.15) is 0 Å². The van der Waals surface area contributed by atoms with Gasteiger partial charge in [0.15, 0.2) is 0 Å². The fourth-order valence-corrected chi connectivity index (χ4v) is 4.32. The zero-order chi connectivity index (χ0) is 13.3. The number of aryl methyl sites for hydroxylation is 1. The lowest BCUT2D eigenvalue weighted by Crippen LogP contribution is -2.23. The molecule has 0 saturated carbocycles. The summed E-state index contributed by atoms with van der Waals surface area (Å²) in [4.78, 5) is 1.96. The molecule has 0 aliphatic heterocycles. The van der Waals surface area contributed by atoms with Gasteiger partial charge in [-0.05, 0) is 35.0 Å². The van der Waals surface area contributed by atoms with Crippen LogP contribution in [0.1, 0.15) is 11.8 Å². The average Bonchev–Trinajstić information content (AvgIpc) is 2.86. The highest BCUT2D eigenvalue weighted by molar-refractivity contribution is 9.10. The molecule has 0 aliphatic carbocycles. The summed E-state index contributed by atoms with van der Waals surface area (Å²) < 4.78 is 32.5. The van der Waals surface area contributed by atoms with Gasteiger partial charge in [0.2, 0.25) is 5.09 Å². The van der Waals surface area contributed by atoms with Crippen molar-refractivity contribution < 1.29 is 12.8 Å². The first kappa shape index (κ1) is 13.8. The van der Waals surface area contributed by atoms with E-state index in [1.165, 1.54) is 17.6 Å². The topological polar surface area (TPSA) is 59.3 Å². The van der Waals surface area contributed by atoms with Gasteiger partial charge in [-0.2, -0.15) is 0 Å². The van der Waals surface area contributed by atoms with Crippen LogP contribution < -0.4 is 4.72 Å². The molecule has 0 bridgehead atoms. The molecule has 98 valence electrons. The molecule has 0 atom stereocenters. The van der Waals surface area contributed by atoms with Crippen molar-refractivity contribution in [1.29, 1.82) is 0 Å². The van der Waals surface area contributed by atoms with Crippen molar-refractivity contribution in [3.05, 3.63) is 27.7 Å². The third-order valence-corrected chi connectivity index (χ3v) is 5.97. The van der Waals surface area contributed by atoms with Crippen molar-refractivity contribution in [2.45, 2.75) is 18.9 Å². The molecule has 0 aliphatic rings. The Bertz CT molecular complexity index is 638. The molecule has 2 rings (SSSR count). The molecule has 1 N–H and O–H groups in total. The van der Waals surface area contributed by atoms with Crippen molar-refractivity contribution in [2.75, 3.05) is 6.54 Å². The molecule has 2 aromatic heterocycles. The monoisotopic (exact) mass is 349 g/mol. The maximum atomic E-state index is 12.0. The van der Waals surface area contributed by atoms with Crippen LogP contribution in [0.15, 0.2) is 32.4 Å². The third-order valence-electron chi connectivity index (χ3n) is 2.33. The van der Waals surface area contributed by atoms with Gasteiger partial charge < -0.3 is 4.42 Å². The van der Waals surface area contributed by atoms with Gasteiger partial charge in [0, 0.05) is 20.8 Å². The van der Waals surface area contributed by atoms with Gasteiger partial charge in [0.05, 0.1) is 11.8 Å². The van der Waals surface area contributed by atoms with Crippen molar-refractivity contribution in [2.24, 2.45) is 0 Å². The van der Waals surface area contributed by atoms with Crippen LogP contribution in [-0.4, -0.2) is 15.0 Å². The standard InChI is InChI=1S/C11H12BrNO3S2/c1-3-13-18(14,15)11-8(4-5-16-11)10-6-9(12)7(2)17-10/h4-6,13H,3H2,1-2H3. The molecular weight excluding hydrogens is 338 g/mol. The van der Waals surface area contributed by atoms with E-state index in [4.69, 9.17) is 4.42 Å². The lowest BCUT2D eigenvalue weighted by molar-refractivity contribution is 0.448. The van der Waals surface area contributed by atoms with Crippen LogP contribution in [0.25, 0.3) is 10.4 Å². The highest BCUT2D eigenvalue weighted by Gasteiger charge is 2.23. The van der Waals surface area contributed by atoms with E-state index in [0.717, 1.165) is 14.2 Å². The minimum atomic E-state index is -3.57. The van der Waals surface area contributed by atoms with Crippen LogP contribution >= 0.6 is 27.3 Å². The van der Waals surface area contributed by atoms with Gasteiger partial charge >= 0.3 is 0 Å². The molecular formula is C11H12BrNO3S2. The third kappa shape index (κ3) is 2.54. The fraction of sp³-hybridized carbons (Fsp3) is 0.273. The Morgan fingerprint density at radius 3 is 2.78 bits per heavy atom. The first-order valence-electron chi connectivity index (χ1n) is 5.29. The first-order chi connectivity index (χ1) is 8.45. The molecule has 0 saturated heterocycles. The van der Waals surface area contributed by atoms with Gasteiger partial charge in [0.25, 0.3) is 10.0 Å². The van der Waals surface area contributed by atoms with Crippen molar-refractivity contribution in [1.82, 2.24) is 4.72 Å². The largest absolute Gasteiger partial charge is 0.451 e. The van der Waals surface area contributed by atoms with E-state index >= 15 is 0 Å². The van der Waals surface area contributed by atoms with Crippen LogP contribution in [0.5, 0.6) is 0 Å². The smallest absolute Gasteiger partial charge is 0.274 e. The lowest BCUT2D eigenvalue weighted by atomic mass is 10.3. The zero-order valence-electron chi connectivity index (χ0n) is 9.86. The Morgan fingerprint density at radius 1 is 1.50 bits per heavy atom. The normalized spacial score (nSPS) is 11.9. The van der Waals surface area contributed by atoms with E-state index in [1.54, 1.807) is 13.0 Å². The van der Waals surface area contributed by atoms with Crippen LogP contribution in [-0.2, 0) is 10.0 Å². The summed E-state index contributed by atoms with van der Waals surface area (Å²) in [5, 5.41) is -0.0295. The minimum absolute atomic E-state index is 0.0295. The zero-order valence-corrected chi connectivity index (χ0v) is 13.1. The Labute approximate surface area is 118 Å². The quantitative estimate of drug-likeness (QED) is 0.920. The number of nitrogens with one attached hydrogen (secondary N) is 1. The highest BCUT2D eigenvalue weighted by atomic mass is 79.9. The summed E-state index contributed by atoms with van der Waals surface area (Å²) in [5.41, 5.74) is 0.592. The molecule has 0 radical (unpaired) electrons. The second-order valence-electron chi connectivity index (χ2n) is 3.64. The molecule has 2 heterocycles. The summed E-state index contributed by atoms with van der Waals surface area (Å²) in [5.74, 6) is 0. The minimum Gasteiger partial charge on any atom is -0.451 e. The number of thiophene rings is 1. The molecule has 4 nitrogen and oxygen atoms in total. The van der Waals surface area contributed by atoms with Crippen LogP contribution in [0.4, 0.5) is 0 Å². The second-order valence-corrected chi connectivity index (χ2v) is 7.41. The van der Waals surface area contributed by atoms with Crippen LogP contribution in [0.2, 0.25) is 0 Å². The summed E-state index contributed by atoms with van der Waals surface area (Å²) >= 11 is 4.94. The predicted molar refractivity (Wildman–Crippen MR) is 75.3 cm³/mol. The van der Waals surface area contributed by atoms with Gasteiger partial charge in [-0.15, -0.1) is 11.3 Å². The van der Waals surface area contributed by atoms with E-state index in [0.29, 0.717) is 12.1 Å². The average molecular weight is 350 g/mol. The number of sulfonamides is 1. The molecule has 0 aromatic carbocycles.